The predicted octanol–water partition coefficient (Wildman–Crippen LogP) is 4.45. The fourth-order valence-corrected chi connectivity index (χ4v) is 5.16. The van der Waals surface area contributed by atoms with E-state index in [0.29, 0.717) is 77.1 Å². The molecule has 1 aliphatic heterocycles. The number of ether oxygens (including phenoxy) is 3. The van der Waals surface area contributed by atoms with Crippen molar-refractivity contribution >= 4 is 22.6 Å². The third kappa shape index (κ3) is 8.96. The lowest BCUT2D eigenvalue weighted by molar-refractivity contribution is -0.121. The second kappa shape index (κ2) is 14.9. The maximum atomic E-state index is 12.4. The van der Waals surface area contributed by atoms with E-state index in [0.717, 1.165) is 29.6 Å². The van der Waals surface area contributed by atoms with Crippen molar-refractivity contribution in [2.24, 2.45) is 5.11 Å². The average molecular weight is 544 g/mol. The zero-order chi connectivity index (χ0) is 28.3. The van der Waals surface area contributed by atoms with E-state index in [-0.39, 0.29) is 17.1 Å². The summed E-state index contributed by atoms with van der Waals surface area (Å²) in [4.78, 5) is 29.4. The van der Waals surface area contributed by atoms with Crippen molar-refractivity contribution in [2.75, 3.05) is 64.2 Å². The highest BCUT2D eigenvalue weighted by Gasteiger charge is 2.36. The Bertz CT molecular complexity index is 1210. The zero-order valence-electron chi connectivity index (χ0n) is 23.5. The van der Waals surface area contributed by atoms with Crippen LogP contribution in [-0.2, 0) is 19.0 Å². The number of carbonyl (C=O) groups excluding carboxylic acids is 1. The molecule has 1 aromatic heterocycles. The molecule has 0 fully saturated rings. The Hall–Kier alpha value is -3.11. The van der Waals surface area contributed by atoms with Crippen LogP contribution >= 0.6 is 0 Å². The molecule has 3 rings (SSSR count). The highest BCUT2D eigenvalue weighted by Crippen LogP contribution is 2.45. The summed E-state index contributed by atoms with van der Waals surface area (Å²) in [6.07, 6.45) is 2.12. The van der Waals surface area contributed by atoms with Crippen LogP contribution in [0.15, 0.2) is 32.5 Å². The molecule has 1 amide bonds. The van der Waals surface area contributed by atoms with Gasteiger partial charge in [0.25, 0.3) is 0 Å². The SMILES string of the molecule is Cc1cc(=O)oc2cc3c(cc12)[C@@H](C)CC(C)(C)N3CCCC(=O)NCCOCCOCCOCCN=[N+]=[N-]. The van der Waals surface area contributed by atoms with E-state index in [1.165, 1.54) is 11.6 Å². The van der Waals surface area contributed by atoms with E-state index in [9.17, 15) is 9.59 Å². The quantitative estimate of drug-likeness (QED) is 0.108. The van der Waals surface area contributed by atoms with Gasteiger partial charge < -0.3 is 28.8 Å². The van der Waals surface area contributed by atoms with E-state index >= 15 is 0 Å². The molecule has 1 N–H and O–H groups in total. The van der Waals surface area contributed by atoms with Crippen molar-refractivity contribution in [2.45, 2.75) is 58.4 Å². The number of amides is 1. The largest absolute Gasteiger partial charge is 0.423 e. The molecule has 1 aromatic carbocycles. The van der Waals surface area contributed by atoms with Gasteiger partial charge in [-0.3, -0.25) is 4.79 Å². The monoisotopic (exact) mass is 543 g/mol. The van der Waals surface area contributed by atoms with Gasteiger partial charge in [0.05, 0.1) is 39.6 Å². The van der Waals surface area contributed by atoms with Gasteiger partial charge in [0.2, 0.25) is 5.91 Å². The van der Waals surface area contributed by atoms with Gasteiger partial charge in [-0.2, -0.15) is 0 Å². The first-order chi connectivity index (χ1) is 18.7. The second-order valence-electron chi connectivity index (χ2n) is 10.5. The molecule has 0 unspecified atom stereocenters. The molecular weight excluding hydrogens is 502 g/mol. The second-order valence-corrected chi connectivity index (χ2v) is 10.5. The maximum Gasteiger partial charge on any atom is 0.336 e. The van der Waals surface area contributed by atoms with E-state index in [2.05, 4.69) is 47.1 Å². The van der Waals surface area contributed by atoms with E-state index in [1.807, 2.05) is 13.0 Å². The summed E-state index contributed by atoms with van der Waals surface area (Å²) >= 11 is 0. The lowest BCUT2D eigenvalue weighted by atomic mass is 9.79. The number of anilines is 1. The summed E-state index contributed by atoms with van der Waals surface area (Å²) in [7, 11) is 0. The summed E-state index contributed by atoms with van der Waals surface area (Å²) in [5, 5.41) is 7.26. The number of carbonyl (C=O) groups is 1. The fraction of sp³-hybridized carbons (Fsp3) is 0.643. The topological polar surface area (TPSA) is 139 Å². The summed E-state index contributed by atoms with van der Waals surface area (Å²) in [5.41, 5.74) is 11.6. The first-order valence-corrected chi connectivity index (χ1v) is 13.6. The van der Waals surface area contributed by atoms with Crippen molar-refractivity contribution < 1.29 is 23.4 Å². The molecule has 0 spiro atoms. The first-order valence-electron chi connectivity index (χ1n) is 13.6. The van der Waals surface area contributed by atoms with Crippen molar-refractivity contribution in [3.8, 4) is 0 Å². The normalized spacial score (nSPS) is 16.1. The summed E-state index contributed by atoms with van der Waals surface area (Å²) in [6.45, 7) is 12.7. The number of fused-ring (bicyclic) bond motifs is 2. The fourth-order valence-electron chi connectivity index (χ4n) is 5.16. The predicted molar refractivity (Wildman–Crippen MR) is 150 cm³/mol. The molecule has 1 aliphatic rings. The number of azide groups is 1. The molecule has 0 saturated carbocycles. The van der Waals surface area contributed by atoms with Gasteiger partial charge in [0, 0.05) is 59.7 Å². The molecule has 214 valence electrons. The number of aryl methyl sites for hydroxylation is 1. The Labute approximate surface area is 229 Å². The van der Waals surface area contributed by atoms with Crippen molar-refractivity contribution in [3.05, 3.63) is 50.2 Å². The summed E-state index contributed by atoms with van der Waals surface area (Å²) in [5.74, 6) is 0.371. The number of rotatable bonds is 16. The minimum Gasteiger partial charge on any atom is -0.423 e. The number of hydrogen-bond donors (Lipinski definition) is 1. The molecule has 0 radical (unpaired) electrons. The van der Waals surface area contributed by atoms with Gasteiger partial charge in [-0.1, -0.05) is 12.0 Å². The van der Waals surface area contributed by atoms with Crippen LogP contribution in [0.25, 0.3) is 21.4 Å². The van der Waals surface area contributed by atoms with Gasteiger partial charge in [-0.25, -0.2) is 4.79 Å². The van der Waals surface area contributed by atoms with E-state index in [1.54, 1.807) is 0 Å². The van der Waals surface area contributed by atoms with Crippen LogP contribution in [0.5, 0.6) is 0 Å². The third-order valence-electron chi connectivity index (χ3n) is 6.95. The number of hydrogen-bond acceptors (Lipinski definition) is 8. The average Bonchev–Trinajstić information content (AvgIpc) is 2.87. The van der Waals surface area contributed by atoms with Gasteiger partial charge >= 0.3 is 5.63 Å². The molecule has 39 heavy (non-hydrogen) atoms. The lowest BCUT2D eigenvalue weighted by Crippen LogP contribution is -2.49. The summed E-state index contributed by atoms with van der Waals surface area (Å²) in [6, 6.07) is 5.70. The molecule has 2 heterocycles. The molecule has 11 heteroatoms. The van der Waals surface area contributed by atoms with Crippen LogP contribution < -0.4 is 15.8 Å². The molecular formula is C28H41N5O6. The highest BCUT2D eigenvalue weighted by atomic mass is 16.5. The van der Waals surface area contributed by atoms with Gasteiger partial charge in [-0.05, 0) is 62.3 Å². The molecule has 0 saturated heterocycles. The smallest absolute Gasteiger partial charge is 0.336 e. The zero-order valence-corrected chi connectivity index (χ0v) is 23.5. The standard InChI is InChI=1S/C28H41N5O6/c1-20-16-27(35)39-25-18-24-22(17-23(20)25)21(2)19-28(3,4)33(24)9-5-6-26(34)30-7-10-36-12-14-38-15-13-37-11-8-31-32-29/h16-18,21H,5-15,19H2,1-4H3,(H,30,34)/t21-/m0/s1. The van der Waals surface area contributed by atoms with Crippen molar-refractivity contribution in [3.63, 3.8) is 0 Å². The first kappa shape index (κ1) is 30.4. The van der Waals surface area contributed by atoms with Crippen LogP contribution in [0.2, 0.25) is 0 Å². The van der Waals surface area contributed by atoms with Crippen LogP contribution in [0, 0.1) is 6.92 Å². The lowest BCUT2D eigenvalue weighted by Gasteiger charge is -2.47. The van der Waals surface area contributed by atoms with Crippen molar-refractivity contribution in [1.29, 1.82) is 0 Å². The van der Waals surface area contributed by atoms with Crippen molar-refractivity contribution in [1.82, 2.24) is 5.32 Å². The van der Waals surface area contributed by atoms with Crippen LogP contribution in [-0.4, -0.2) is 70.7 Å². The molecule has 0 bridgehead atoms. The van der Waals surface area contributed by atoms with E-state index in [4.69, 9.17) is 24.2 Å². The van der Waals surface area contributed by atoms with Gasteiger partial charge in [-0.15, -0.1) is 0 Å². The highest BCUT2D eigenvalue weighted by molar-refractivity contribution is 5.86. The summed E-state index contributed by atoms with van der Waals surface area (Å²) < 4.78 is 21.7. The van der Waals surface area contributed by atoms with E-state index < -0.39 is 0 Å². The van der Waals surface area contributed by atoms with Gasteiger partial charge in [0.1, 0.15) is 5.58 Å². The Morgan fingerprint density at radius 1 is 1.15 bits per heavy atom. The number of nitrogens with zero attached hydrogens (tertiary/aromatic N) is 4. The number of benzene rings is 1. The minimum absolute atomic E-state index is 0.00345. The maximum absolute atomic E-state index is 12.4. The van der Waals surface area contributed by atoms with Crippen LogP contribution in [0.4, 0.5) is 5.69 Å². The molecule has 2 aromatic rings. The van der Waals surface area contributed by atoms with Crippen LogP contribution in [0.3, 0.4) is 0 Å². The Balaban J connectivity index is 1.38. The van der Waals surface area contributed by atoms with Gasteiger partial charge in [0.15, 0.2) is 0 Å². The minimum atomic E-state index is -0.340. The molecule has 11 nitrogen and oxygen atoms in total. The molecule has 0 aliphatic carbocycles. The number of nitrogens with one attached hydrogen (secondary N) is 1. The van der Waals surface area contributed by atoms with Crippen LogP contribution in [0.1, 0.15) is 57.1 Å². The molecule has 1 atom stereocenters. The Kier molecular flexibility index (Phi) is 11.6. The third-order valence-corrected chi connectivity index (χ3v) is 6.95. The Morgan fingerprint density at radius 2 is 1.85 bits per heavy atom. The Morgan fingerprint density at radius 3 is 2.56 bits per heavy atom.